The Morgan fingerprint density at radius 1 is 1.21 bits per heavy atom. The molecule has 1 nitrogen and oxygen atoms in total. The Bertz CT molecular complexity index is 343. The van der Waals surface area contributed by atoms with Gasteiger partial charge in [0.25, 0.3) is 0 Å². The molecule has 0 saturated heterocycles. The van der Waals surface area contributed by atoms with Crippen molar-refractivity contribution in [2.24, 2.45) is 0 Å². The minimum absolute atomic E-state index is 0.0240. The summed E-state index contributed by atoms with van der Waals surface area (Å²) in [5, 5.41) is 0.495. The van der Waals surface area contributed by atoms with E-state index in [0.717, 1.165) is 0 Å². The van der Waals surface area contributed by atoms with E-state index < -0.39 is 9.58 Å². The lowest BCUT2D eigenvalue weighted by atomic mass is 10.1. The van der Waals surface area contributed by atoms with Gasteiger partial charge in [0.2, 0.25) is 3.79 Å². The predicted molar refractivity (Wildman–Crippen MR) is 60.5 cm³/mol. The Kier molecular flexibility index (Phi) is 4.08. The summed E-state index contributed by atoms with van der Waals surface area (Å²) < 4.78 is -1.88. The number of hydrogen-bond donors (Lipinski definition) is 0. The number of ketones is 1. The van der Waals surface area contributed by atoms with Crippen molar-refractivity contribution in [3.8, 4) is 0 Å². The van der Waals surface area contributed by atoms with Gasteiger partial charge < -0.3 is 0 Å². The molecule has 1 rings (SSSR count). The number of benzene rings is 1. The van der Waals surface area contributed by atoms with Crippen molar-refractivity contribution in [2.75, 3.05) is 0 Å². The number of halogens is 4. The van der Waals surface area contributed by atoms with Gasteiger partial charge in [-0.1, -0.05) is 64.6 Å². The van der Waals surface area contributed by atoms with Crippen molar-refractivity contribution >= 4 is 52.2 Å². The Labute approximate surface area is 102 Å². The van der Waals surface area contributed by atoms with E-state index in [4.69, 9.17) is 46.4 Å². The number of carbonyl (C=O) groups is 1. The van der Waals surface area contributed by atoms with Crippen molar-refractivity contribution in [1.29, 1.82) is 0 Å². The van der Waals surface area contributed by atoms with Gasteiger partial charge in [0.15, 0.2) is 5.78 Å². The molecule has 0 aliphatic heterocycles. The summed E-state index contributed by atoms with van der Waals surface area (Å²) in [6.45, 7) is 0. The largest absolute Gasteiger partial charge is 0.294 e. The third kappa shape index (κ3) is 3.32. The van der Waals surface area contributed by atoms with Crippen molar-refractivity contribution in [3.63, 3.8) is 0 Å². The van der Waals surface area contributed by atoms with Crippen molar-refractivity contribution in [3.05, 3.63) is 34.9 Å². The van der Waals surface area contributed by atoms with Crippen LogP contribution in [0.25, 0.3) is 0 Å². The summed E-state index contributed by atoms with van der Waals surface area (Å²) >= 11 is 22.1. The molecule has 1 aromatic carbocycles. The van der Waals surface area contributed by atoms with Crippen LogP contribution in [0.4, 0.5) is 0 Å². The van der Waals surface area contributed by atoms with E-state index in [1.54, 1.807) is 24.3 Å². The smallest absolute Gasteiger partial charge is 0.249 e. The summed E-state index contributed by atoms with van der Waals surface area (Å²) in [4.78, 5) is 11.3. The normalized spacial score (nSPS) is 11.4. The number of alkyl halides is 3. The second-order valence-corrected chi connectivity index (χ2v) is 5.38. The summed E-state index contributed by atoms with van der Waals surface area (Å²) in [6.07, 6.45) is 0.0240. The topological polar surface area (TPSA) is 17.1 Å². The van der Waals surface area contributed by atoms with E-state index in [1.165, 1.54) is 0 Å². The van der Waals surface area contributed by atoms with E-state index in [1.807, 2.05) is 0 Å². The van der Waals surface area contributed by atoms with Gasteiger partial charge in [-0.05, 0) is 11.6 Å². The van der Waals surface area contributed by atoms with Crippen LogP contribution in [0.1, 0.15) is 5.56 Å². The quantitative estimate of drug-likeness (QED) is 0.748. The lowest BCUT2D eigenvalue weighted by Crippen LogP contribution is -2.21. The fourth-order valence-electron chi connectivity index (χ4n) is 0.915. The van der Waals surface area contributed by atoms with E-state index in [2.05, 4.69) is 0 Å². The standard InChI is InChI=1S/C9H6Cl4O/c10-7-4-2-1-3-6(7)5-8(14)9(11,12)13/h1-4H,5H2. The Morgan fingerprint density at radius 3 is 2.29 bits per heavy atom. The lowest BCUT2D eigenvalue weighted by Gasteiger charge is -2.09. The van der Waals surface area contributed by atoms with Crippen LogP contribution in [0.3, 0.4) is 0 Å². The lowest BCUT2D eigenvalue weighted by molar-refractivity contribution is -0.117. The third-order valence-corrected chi connectivity index (χ3v) is 2.63. The van der Waals surface area contributed by atoms with Crippen LogP contribution in [0.2, 0.25) is 5.02 Å². The van der Waals surface area contributed by atoms with E-state index in [0.29, 0.717) is 10.6 Å². The molecule has 0 radical (unpaired) electrons. The maximum absolute atomic E-state index is 11.3. The van der Waals surface area contributed by atoms with Gasteiger partial charge in [-0.2, -0.15) is 0 Å². The molecule has 0 aliphatic rings. The fraction of sp³-hybridized carbons (Fsp3) is 0.222. The van der Waals surface area contributed by atoms with E-state index in [-0.39, 0.29) is 6.42 Å². The highest BCUT2D eigenvalue weighted by Crippen LogP contribution is 2.29. The first-order valence-corrected chi connectivity index (χ1v) is 5.26. The molecule has 0 fully saturated rings. The molecule has 0 amide bonds. The first-order chi connectivity index (χ1) is 6.41. The van der Waals surface area contributed by atoms with Crippen LogP contribution >= 0.6 is 46.4 Å². The SMILES string of the molecule is O=C(Cc1ccccc1Cl)C(Cl)(Cl)Cl. The molecular formula is C9H6Cl4O. The number of carbonyl (C=O) groups excluding carboxylic acids is 1. The third-order valence-electron chi connectivity index (χ3n) is 1.63. The second kappa shape index (κ2) is 4.71. The number of rotatable bonds is 2. The van der Waals surface area contributed by atoms with Crippen LogP contribution in [-0.4, -0.2) is 9.58 Å². The van der Waals surface area contributed by atoms with Gasteiger partial charge in [0.05, 0.1) is 0 Å². The molecular weight excluding hydrogens is 266 g/mol. The van der Waals surface area contributed by atoms with Crippen LogP contribution in [-0.2, 0) is 11.2 Å². The molecule has 0 aliphatic carbocycles. The predicted octanol–water partition coefficient (Wildman–Crippen LogP) is 3.82. The molecule has 0 N–H and O–H groups in total. The van der Waals surface area contributed by atoms with Crippen LogP contribution in [0.15, 0.2) is 24.3 Å². The van der Waals surface area contributed by atoms with Gasteiger partial charge in [0.1, 0.15) is 0 Å². The van der Waals surface area contributed by atoms with Gasteiger partial charge in [-0.15, -0.1) is 0 Å². The molecule has 0 spiro atoms. The first-order valence-electron chi connectivity index (χ1n) is 3.74. The molecule has 1 aromatic rings. The van der Waals surface area contributed by atoms with Gasteiger partial charge in [0, 0.05) is 11.4 Å². The second-order valence-electron chi connectivity index (χ2n) is 2.69. The molecule has 14 heavy (non-hydrogen) atoms. The van der Waals surface area contributed by atoms with Crippen molar-refractivity contribution in [1.82, 2.24) is 0 Å². The average Bonchev–Trinajstić information content (AvgIpc) is 2.07. The Balaban J connectivity index is 2.80. The van der Waals surface area contributed by atoms with Crippen molar-refractivity contribution < 1.29 is 4.79 Å². The van der Waals surface area contributed by atoms with Gasteiger partial charge >= 0.3 is 0 Å². The van der Waals surface area contributed by atoms with Crippen LogP contribution in [0.5, 0.6) is 0 Å². The van der Waals surface area contributed by atoms with Gasteiger partial charge in [-0.25, -0.2) is 0 Å². The Morgan fingerprint density at radius 2 is 1.79 bits per heavy atom. The fourth-order valence-corrected chi connectivity index (χ4v) is 1.32. The minimum atomic E-state index is -1.88. The van der Waals surface area contributed by atoms with Crippen molar-refractivity contribution in [2.45, 2.75) is 10.2 Å². The zero-order valence-corrected chi connectivity index (χ0v) is 9.96. The zero-order valence-electron chi connectivity index (χ0n) is 6.94. The number of hydrogen-bond acceptors (Lipinski definition) is 1. The molecule has 0 saturated carbocycles. The summed E-state index contributed by atoms with van der Waals surface area (Å²) in [7, 11) is 0. The molecule has 76 valence electrons. The molecule has 0 heterocycles. The van der Waals surface area contributed by atoms with E-state index in [9.17, 15) is 4.79 Å². The maximum Gasteiger partial charge on any atom is 0.249 e. The molecule has 0 atom stereocenters. The maximum atomic E-state index is 11.3. The van der Waals surface area contributed by atoms with E-state index >= 15 is 0 Å². The number of Topliss-reactive ketones (excluding diaryl/α,β-unsaturated/α-hetero) is 1. The van der Waals surface area contributed by atoms with Crippen LogP contribution < -0.4 is 0 Å². The molecule has 0 aromatic heterocycles. The molecule has 5 heteroatoms. The molecule has 0 unspecified atom stereocenters. The molecule has 0 bridgehead atoms. The highest BCUT2D eigenvalue weighted by Gasteiger charge is 2.30. The minimum Gasteiger partial charge on any atom is -0.294 e. The zero-order chi connectivity index (χ0) is 10.8. The highest BCUT2D eigenvalue weighted by atomic mass is 35.6. The Hall–Kier alpha value is 0.0500. The van der Waals surface area contributed by atoms with Gasteiger partial charge in [-0.3, -0.25) is 4.79 Å². The van der Waals surface area contributed by atoms with Crippen LogP contribution in [0, 0.1) is 0 Å². The highest BCUT2D eigenvalue weighted by molar-refractivity contribution is 6.76. The monoisotopic (exact) mass is 270 g/mol. The summed E-state index contributed by atoms with van der Waals surface area (Å²) in [5.74, 6) is -0.490. The summed E-state index contributed by atoms with van der Waals surface area (Å²) in [5.41, 5.74) is 0.658. The first kappa shape index (κ1) is 12.1. The summed E-state index contributed by atoms with van der Waals surface area (Å²) in [6, 6.07) is 6.94. The average molecular weight is 272 g/mol.